The second-order valence-corrected chi connectivity index (χ2v) is 12.3. The zero-order valence-electron chi connectivity index (χ0n) is 23.7. The van der Waals surface area contributed by atoms with Crippen molar-refractivity contribution < 1.29 is 0 Å². The fourth-order valence-electron chi connectivity index (χ4n) is 7.17. The molecule has 1 unspecified atom stereocenters. The molecule has 0 fully saturated rings. The molecule has 0 aliphatic heterocycles. The molecule has 7 rings (SSSR count). The maximum absolute atomic E-state index is 2.50. The summed E-state index contributed by atoms with van der Waals surface area (Å²) < 4.78 is 0. The predicted molar refractivity (Wildman–Crippen MR) is 168 cm³/mol. The fourth-order valence-corrected chi connectivity index (χ4v) is 7.17. The summed E-state index contributed by atoms with van der Waals surface area (Å²) in [6, 6.07) is 34.7. The molecule has 39 heavy (non-hydrogen) atoms. The van der Waals surface area contributed by atoms with Crippen molar-refractivity contribution in [3.05, 3.63) is 136 Å². The van der Waals surface area contributed by atoms with Crippen LogP contribution in [0.3, 0.4) is 0 Å². The number of fused-ring (bicyclic) bond motifs is 8. The number of hydrogen-bond acceptors (Lipinski definition) is 0. The van der Waals surface area contributed by atoms with E-state index in [-0.39, 0.29) is 5.41 Å². The van der Waals surface area contributed by atoms with Gasteiger partial charge in [0.15, 0.2) is 0 Å². The first kappa shape index (κ1) is 24.2. The van der Waals surface area contributed by atoms with Crippen molar-refractivity contribution in [2.75, 3.05) is 0 Å². The Balaban J connectivity index is 1.25. The second-order valence-electron chi connectivity index (χ2n) is 12.3. The van der Waals surface area contributed by atoms with Gasteiger partial charge in [-0.2, -0.15) is 0 Å². The zero-order valence-corrected chi connectivity index (χ0v) is 23.7. The van der Waals surface area contributed by atoms with Gasteiger partial charge in [0.25, 0.3) is 0 Å². The van der Waals surface area contributed by atoms with E-state index in [2.05, 4.69) is 132 Å². The smallest absolute Gasteiger partial charge is 0.0159 e. The van der Waals surface area contributed by atoms with E-state index in [1.807, 2.05) is 0 Å². The highest BCUT2D eigenvalue weighted by molar-refractivity contribution is 6.03. The molecule has 0 saturated carbocycles. The van der Waals surface area contributed by atoms with Crippen LogP contribution in [0.15, 0.2) is 97.1 Å². The minimum absolute atomic E-state index is 0.00191. The molecule has 0 heteroatoms. The Labute approximate surface area is 233 Å². The van der Waals surface area contributed by atoms with Crippen LogP contribution in [-0.2, 0) is 18.3 Å². The molecule has 5 aromatic rings. The standard InChI is InChI=1S/C39H36/c1-24-14-16-28-10-6-7-12-31(28)32-19-17-29(23-35(24)32)25(2)20-27-15-18-34-36(22-27)39(4,5)37-21-26(3)30-11-8-9-13-33(30)38(34)37/h6-15,17-19,21-23,25H,16,20H2,1-5H3. The lowest BCUT2D eigenvalue weighted by atomic mass is 9.80. The van der Waals surface area contributed by atoms with Gasteiger partial charge in [0.05, 0.1) is 0 Å². The number of hydrogen-bond donors (Lipinski definition) is 0. The SMILES string of the molecule is CC1=CCc2ccccc2-c2ccc(C(C)Cc3ccc4c(c3)C(C)(C)c3cc(C)c5ccccc5c3-4)cc21. The number of rotatable bonds is 3. The van der Waals surface area contributed by atoms with Gasteiger partial charge >= 0.3 is 0 Å². The quantitative estimate of drug-likeness (QED) is 0.229. The zero-order chi connectivity index (χ0) is 26.9. The fraction of sp³-hybridized carbons (Fsp3) is 0.231. The van der Waals surface area contributed by atoms with Crippen LogP contribution in [-0.4, -0.2) is 0 Å². The first-order valence-electron chi connectivity index (χ1n) is 14.4. The molecule has 0 N–H and O–H groups in total. The van der Waals surface area contributed by atoms with E-state index < -0.39 is 0 Å². The van der Waals surface area contributed by atoms with Crippen LogP contribution >= 0.6 is 0 Å². The molecule has 5 aromatic carbocycles. The van der Waals surface area contributed by atoms with Crippen LogP contribution in [0.5, 0.6) is 0 Å². The van der Waals surface area contributed by atoms with Crippen LogP contribution in [0.4, 0.5) is 0 Å². The first-order chi connectivity index (χ1) is 18.8. The lowest BCUT2D eigenvalue weighted by molar-refractivity contribution is 0.657. The third-order valence-electron chi connectivity index (χ3n) is 9.47. The minimum Gasteiger partial charge on any atom is -0.0766 e. The number of allylic oxidation sites excluding steroid dienone is 2. The lowest BCUT2D eigenvalue weighted by Gasteiger charge is -2.23. The molecule has 2 aliphatic carbocycles. The van der Waals surface area contributed by atoms with Crippen LogP contribution in [0, 0.1) is 6.92 Å². The summed E-state index contributed by atoms with van der Waals surface area (Å²) in [5, 5.41) is 2.75. The van der Waals surface area contributed by atoms with Crippen molar-refractivity contribution in [2.24, 2.45) is 0 Å². The van der Waals surface area contributed by atoms with Gasteiger partial charge in [-0.15, -0.1) is 0 Å². The van der Waals surface area contributed by atoms with Gasteiger partial charge in [0.2, 0.25) is 0 Å². The van der Waals surface area contributed by atoms with Gasteiger partial charge in [-0.3, -0.25) is 0 Å². The van der Waals surface area contributed by atoms with Gasteiger partial charge < -0.3 is 0 Å². The molecule has 0 nitrogen and oxygen atoms in total. The van der Waals surface area contributed by atoms with Gasteiger partial charge in [-0.25, -0.2) is 0 Å². The summed E-state index contributed by atoms with van der Waals surface area (Å²) in [6.07, 6.45) is 4.44. The maximum Gasteiger partial charge on any atom is 0.0159 e. The Morgan fingerprint density at radius 1 is 0.692 bits per heavy atom. The van der Waals surface area contributed by atoms with Crippen molar-refractivity contribution in [1.82, 2.24) is 0 Å². The van der Waals surface area contributed by atoms with Gasteiger partial charge in [0, 0.05) is 5.41 Å². The minimum atomic E-state index is -0.00191. The maximum atomic E-state index is 2.50. The lowest BCUT2D eigenvalue weighted by Crippen LogP contribution is -2.15. The Morgan fingerprint density at radius 2 is 1.44 bits per heavy atom. The van der Waals surface area contributed by atoms with Gasteiger partial charge in [-0.1, -0.05) is 118 Å². The monoisotopic (exact) mass is 504 g/mol. The highest BCUT2D eigenvalue weighted by Crippen LogP contribution is 2.52. The molecular weight excluding hydrogens is 468 g/mol. The van der Waals surface area contributed by atoms with Crippen molar-refractivity contribution in [3.63, 3.8) is 0 Å². The summed E-state index contributed by atoms with van der Waals surface area (Å²) >= 11 is 0. The van der Waals surface area contributed by atoms with Crippen LogP contribution in [0.25, 0.3) is 38.6 Å². The molecule has 0 spiro atoms. The van der Waals surface area contributed by atoms with E-state index in [0.29, 0.717) is 5.92 Å². The largest absolute Gasteiger partial charge is 0.0766 e. The van der Waals surface area contributed by atoms with E-state index in [1.165, 1.54) is 77.5 Å². The molecule has 2 aliphatic rings. The van der Waals surface area contributed by atoms with Crippen molar-refractivity contribution >= 4 is 16.3 Å². The third-order valence-corrected chi connectivity index (χ3v) is 9.47. The van der Waals surface area contributed by atoms with Crippen LogP contribution in [0.1, 0.15) is 72.6 Å². The first-order valence-corrected chi connectivity index (χ1v) is 14.4. The summed E-state index contributed by atoms with van der Waals surface area (Å²) in [5.41, 5.74) is 16.9. The number of aryl methyl sites for hydroxylation is 1. The summed E-state index contributed by atoms with van der Waals surface area (Å²) in [6.45, 7) is 11.7. The van der Waals surface area contributed by atoms with E-state index in [9.17, 15) is 0 Å². The Bertz CT molecular complexity index is 1810. The summed E-state index contributed by atoms with van der Waals surface area (Å²) in [4.78, 5) is 0. The molecule has 0 radical (unpaired) electrons. The topological polar surface area (TPSA) is 0 Å². The molecule has 0 amide bonds. The van der Waals surface area contributed by atoms with E-state index in [1.54, 1.807) is 0 Å². The highest BCUT2D eigenvalue weighted by Gasteiger charge is 2.37. The van der Waals surface area contributed by atoms with Crippen molar-refractivity contribution in [1.29, 1.82) is 0 Å². The molecule has 192 valence electrons. The molecule has 0 bridgehead atoms. The Morgan fingerprint density at radius 3 is 2.28 bits per heavy atom. The second kappa shape index (κ2) is 8.82. The normalized spacial score (nSPS) is 15.6. The van der Waals surface area contributed by atoms with Crippen LogP contribution in [0.2, 0.25) is 0 Å². The Hall–Kier alpha value is -3.90. The average Bonchev–Trinajstić information content (AvgIpc) is 3.07. The van der Waals surface area contributed by atoms with Crippen molar-refractivity contribution in [2.45, 2.75) is 58.8 Å². The predicted octanol–water partition coefficient (Wildman–Crippen LogP) is 10.4. The molecule has 0 heterocycles. The van der Waals surface area contributed by atoms with E-state index >= 15 is 0 Å². The molecule has 1 atom stereocenters. The molecular formula is C39H36. The van der Waals surface area contributed by atoms with Crippen LogP contribution < -0.4 is 0 Å². The molecule has 0 aromatic heterocycles. The third kappa shape index (κ3) is 3.73. The van der Waals surface area contributed by atoms with E-state index in [4.69, 9.17) is 0 Å². The Kier molecular flexibility index (Phi) is 5.46. The number of benzene rings is 5. The molecule has 0 saturated heterocycles. The highest BCUT2D eigenvalue weighted by atomic mass is 14.4. The van der Waals surface area contributed by atoms with Gasteiger partial charge in [0.1, 0.15) is 0 Å². The summed E-state index contributed by atoms with van der Waals surface area (Å²) in [7, 11) is 0. The van der Waals surface area contributed by atoms with Gasteiger partial charge in [-0.05, 0) is 110 Å². The van der Waals surface area contributed by atoms with Crippen molar-refractivity contribution in [3.8, 4) is 22.3 Å². The summed E-state index contributed by atoms with van der Waals surface area (Å²) in [5.74, 6) is 0.439. The van der Waals surface area contributed by atoms with E-state index in [0.717, 1.165) is 12.8 Å². The average molecular weight is 505 g/mol.